The number of terminal acetylenes is 1. The van der Waals surface area contributed by atoms with Crippen LogP contribution in [0.15, 0.2) is 12.7 Å². The van der Waals surface area contributed by atoms with E-state index in [4.69, 9.17) is 6.42 Å². The maximum Gasteiger partial charge on any atom is 0.271 e. The minimum atomic E-state index is -3.45. The smallest absolute Gasteiger partial charge is 0.257 e. The second-order valence-corrected chi connectivity index (χ2v) is 3.16. The molecule has 0 saturated heterocycles. The monoisotopic (exact) mass is 160 g/mol. The van der Waals surface area contributed by atoms with Crippen molar-refractivity contribution in [3.8, 4) is 12.3 Å². The van der Waals surface area contributed by atoms with Crippen LogP contribution in [0.5, 0.6) is 0 Å². The van der Waals surface area contributed by atoms with Gasteiger partial charge in [0.15, 0.2) is 0 Å². The first-order valence-corrected chi connectivity index (χ1v) is 4.11. The second-order valence-electron chi connectivity index (χ2n) is 1.48. The molecule has 3 nitrogen and oxygen atoms in total. The van der Waals surface area contributed by atoms with E-state index in [1.807, 2.05) is 5.92 Å². The van der Waals surface area contributed by atoms with Gasteiger partial charge in [-0.1, -0.05) is 12.0 Å². The zero-order valence-electron chi connectivity index (χ0n) is 5.41. The van der Waals surface area contributed by atoms with E-state index < -0.39 is 10.1 Å². The van der Waals surface area contributed by atoms with E-state index in [1.54, 1.807) is 0 Å². The topological polar surface area (TPSA) is 43.4 Å². The van der Waals surface area contributed by atoms with Gasteiger partial charge in [0.25, 0.3) is 10.1 Å². The van der Waals surface area contributed by atoms with Gasteiger partial charge in [0.05, 0.1) is 5.75 Å². The van der Waals surface area contributed by atoms with Crippen LogP contribution in [0.4, 0.5) is 0 Å². The fourth-order valence-corrected chi connectivity index (χ4v) is 0.949. The molecular formula is C6H8O3S. The Bertz CT molecular complexity index is 232. The third-order valence-electron chi connectivity index (χ3n) is 0.644. The summed E-state index contributed by atoms with van der Waals surface area (Å²) in [4.78, 5) is 0. The van der Waals surface area contributed by atoms with Crippen molar-refractivity contribution in [2.75, 3.05) is 12.4 Å². The van der Waals surface area contributed by atoms with Crippen molar-refractivity contribution in [3.63, 3.8) is 0 Å². The Kier molecular flexibility index (Phi) is 3.77. The third kappa shape index (κ3) is 4.13. The lowest BCUT2D eigenvalue weighted by Gasteiger charge is -1.96. The van der Waals surface area contributed by atoms with E-state index in [2.05, 4.69) is 10.8 Å². The highest BCUT2D eigenvalue weighted by Crippen LogP contribution is 1.91. The molecule has 0 spiro atoms. The van der Waals surface area contributed by atoms with Crippen LogP contribution >= 0.6 is 0 Å². The highest BCUT2D eigenvalue weighted by atomic mass is 32.2. The van der Waals surface area contributed by atoms with Crippen molar-refractivity contribution >= 4 is 10.1 Å². The van der Waals surface area contributed by atoms with Crippen LogP contribution in [0, 0.1) is 12.3 Å². The molecule has 0 fully saturated rings. The molecule has 0 heterocycles. The number of hydrogen-bond donors (Lipinski definition) is 0. The van der Waals surface area contributed by atoms with Gasteiger partial charge in [0, 0.05) is 0 Å². The van der Waals surface area contributed by atoms with Crippen molar-refractivity contribution in [2.45, 2.75) is 0 Å². The van der Waals surface area contributed by atoms with Gasteiger partial charge in [-0.15, -0.1) is 13.0 Å². The first kappa shape index (κ1) is 9.21. The average molecular weight is 160 g/mol. The molecule has 0 bridgehead atoms. The molecule has 4 heteroatoms. The molecule has 0 saturated carbocycles. The standard InChI is InChI=1S/C6H8O3S/c1-3-5-9-10(7,8)6-4-2/h1,4H,2,5-6H2. The molecule has 0 aliphatic heterocycles. The van der Waals surface area contributed by atoms with Crippen molar-refractivity contribution in [2.24, 2.45) is 0 Å². The first-order valence-electron chi connectivity index (χ1n) is 2.54. The second kappa shape index (κ2) is 4.09. The normalized spacial score (nSPS) is 10.3. The molecule has 0 unspecified atom stereocenters. The number of rotatable bonds is 4. The molecule has 0 amide bonds. The van der Waals surface area contributed by atoms with Gasteiger partial charge >= 0.3 is 0 Å². The van der Waals surface area contributed by atoms with Crippen molar-refractivity contribution < 1.29 is 12.6 Å². The summed E-state index contributed by atoms with van der Waals surface area (Å²) in [5.74, 6) is 1.85. The van der Waals surface area contributed by atoms with Crippen LogP contribution in [-0.2, 0) is 14.3 Å². The largest absolute Gasteiger partial charge is 0.271 e. The van der Waals surface area contributed by atoms with Crippen LogP contribution in [0.3, 0.4) is 0 Å². The van der Waals surface area contributed by atoms with Crippen LogP contribution in [-0.4, -0.2) is 20.8 Å². The summed E-state index contributed by atoms with van der Waals surface area (Å²) in [5, 5.41) is 0. The molecule has 0 aromatic rings. The van der Waals surface area contributed by atoms with Gasteiger partial charge < -0.3 is 0 Å². The molecule has 0 aliphatic carbocycles. The summed E-state index contributed by atoms with van der Waals surface area (Å²) in [6.07, 6.45) is 6.01. The Morgan fingerprint density at radius 3 is 2.70 bits per heavy atom. The molecule has 10 heavy (non-hydrogen) atoms. The molecule has 0 aliphatic rings. The van der Waals surface area contributed by atoms with Crippen LogP contribution in [0.1, 0.15) is 0 Å². The highest BCUT2D eigenvalue weighted by molar-refractivity contribution is 7.86. The van der Waals surface area contributed by atoms with Gasteiger partial charge in [-0.25, -0.2) is 0 Å². The average Bonchev–Trinajstić information content (AvgIpc) is 1.84. The van der Waals surface area contributed by atoms with E-state index in [9.17, 15) is 8.42 Å². The Morgan fingerprint density at radius 2 is 2.30 bits per heavy atom. The highest BCUT2D eigenvalue weighted by Gasteiger charge is 2.05. The molecule has 0 aromatic heterocycles. The third-order valence-corrected chi connectivity index (χ3v) is 1.76. The quantitative estimate of drug-likeness (QED) is 0.334. The Balaban J connectivity index is 3.91. The van der Waals surface area contributed by atoms with E-state index in [0.717, 1.165) is 0 Å². The maximum absolute atomic E-state index is 10.6. The summed E-state index contributed by atoms with van der Waals surface area (Å²) < 4.78 is 25.5. The fourth-order valence-electron chi connectivity index (χ4n) is 0.316. The Hall–Kier alpha value is -0.790. The Labute approximate surface area is 60.8 Å². The lowest BCUT2D eigenvalue weighted by Crippen LogP contribution is -2.08. The SMILES string of the molecule is C#CCOS(=O)(=O)CC=C. The summed E-state index contributed by atoms with van der Waals surface area (Å²) in [6, 6.07) is 0. The van der Waals surface area contributed by atoms with Gasteiger partial charge in [0.2, 0.25) is 0 Å². The van der Waals surface area contributed by atoms with E-state index in [1.165, 1.54) is 6.08 Å². The van der Waals surface area contributed by atoms with Gasteiger partial charge in [0.1, 0.15) is 6.61 Å². The lowest BCUT2D eigenvalue weighted by molar-refractivity contribution is 0.365. The molecular weight excluding hydrogens is 152 g/mol. The van der Waals surface area contributed by atoms with Crippen LogP contribution in [0.25, 0.3) is 0 Å². The fraction of sp³-hybridized carbons (Fsp3) is 0.333. The van der Waals surface area contributed by atoms with Crippen LogP contribution < -0.4 is 0 Å². The van der Waals surface area contributed by atoms with Crippen molar-refractivity contribution in [3.05, 3.63) is 12.7 Å². The predicted octanol–water partition coefficient (Wildman–Crippen LogP) is 0.152. The summed E-state index contributed by atoms with van der Waals surface area (Å²) in [6.45, 7) is 3.03. The molecule has 0 N–H and O–H groups in total. The van der Waals surface area contributed by atoms with E-state index in [0.29, 0.717) is 0 Å². The summed E-state index contributed by atoms with van der Waals surface area (Å²) >= 11 is 0. The minimum Gasteiger partial charge on any atom is -0.257 e. The minimum absolute atomic E-state index is 0.200. The summed E-state index contributed by atoms with van der Waals surface area (Å²) in [5.41, 5.74) is 0. The first-order chi connectivity index (χ1) is 4.62. The van der Waals surface area contributed by atoms with Crippen molar-refractivity contribution in [1.82, 2.24) is 0 Å². The van der Waals surface area contributed by atoms with Gasteiger partial charge in [-0.2, -0.15) is 8.42 Å². The molecule has 0 aromatic carbocycles. The van der Waals surface area contributed by atoms with E-state index >= 15 is 0 Å². The molecule has 0 rings (SSSR count). The zero-order chi connectivity index (χ0) is 8.04. The predicted molar refractivity (Wildman–Crippen MR) is 38.8 cm³/mol. The van der Waals surface area contributed by atoms with E-state index in [-0.39, 0.29) is 12.4 Å². The van der Waals surface area contributed by atoms with Gasteiger partial charge in [-0.3, -0.25) is 4.18 Å². The van der Waals surface area contributed by atoms with Gasteiger partial charge in [-0.05, 0) is 0 Å². The molecule has 56 valence electrons. The maximum atomic E-state index is 10.6. The Morgan fingerprint density at radius 1 is 1.70 bits per heavy atom. The summed E-state index contributed by atoms with van der Waals surface area (Å²) in [7, 11) is -3.45. The zero-order valence-corrected chi connectivity index (χ0v) is 6.23. The van der Waals surface area contributed by atoms with Crippen molar-refractivity contribution in [1.29, 1.82) is 0 Å². The van der Waals surface area contributed by atoms with Crippen LogP contribution in [0.2, 0.25) is 0 Å². The lowest BCUT2D eigenvalue weighted by atomic mass is 10.8. The molecule has 0 radical (unpaired) electrons. The number of hydrogen-bond acceptors (Lipinski definition) is 3. The molecule has 0 atom stereocenters.